The Kier molecular flexibility index (Phi) is 5.96. The van der Waals surface area contributed by atoms with Crippen LogP contribution in [-0.4, -0.2) is 58.5 Å². The van der Waals surface area contributed by atoms with Gasteiger partial charge in [-0.15, -0.1) is 0 Å². The summed E-state index contributed by atoms with van der Waals surface area (Å²) in [5.41, 5.74) is 8.67. The Bertz CT molecular complexity index is 1360. The molecule has 5 nitrogen and oxygen atoms in total. The molecular formula is C29H32N4O. The van der Waals surface area contributed by atoms with Gasteiger partial charge in [0.05, 0.1) is 11.0 Å². The molecule has 5 rings (SSSR count). The molecule has 4 aromatic rings. The summed E-state index contributed by atoms with van der Waals surface area (Å²) in [4.78, 5) is 22.4. The van der Waals surface area contributed by atoms with E-state index in [-0.39, 0.29) is 5.91 Å². The molecule has 3 aromatic carbocycles. The summed E-state index contributed by atoms with van der Waals surface area (Å²) in [5.74, 6) is 1.04. The first-order chi connectivity index (χ1) is 16.5. The zero-order valence-electron chi connectivity index (χ0n) is 20.5. The molecule has 0 unspecified atom stereocenters. The number of nitrogens with zero attached hydrogens (tertiary/aromatic N) is 4. The van der Waals surface area contributed by atoms with Crippen molar-refractivity contribution in [2.24, 2.45) is 0 Å². The highest BCUT2D eigenvalue weighted by molar-refractivity contribution is 5.98. The van der Waals surface area contributed by atoms with E-state index in [1.165, 1.54) is 22.3 Å². The summed E-state index contributed by atoms with van der Waals surface area (Å²) in [6.07, 6.45) is 0. The minimum absolute atomic E-state index is 0.0956. The number of piperazine rings is 1. The third kappa shape index (κ3) is 4.01. The van der Waals surface area contributed by atoms with Crippen molar-refractivity contribution in [2.75, 3.05) is 33.2 Å². The fourth-order valence-corrected chi connectivity index (χ4v) is 5.01. The molecule has 1 saturated heterocycles. The lowest BCUT2D eigenvalue weighted by molar-refractivity contribution is 0.0664. The molecule has 1 aromatic heterocycles. The lowest BCUT2D eigenvalue weighted by atomic mass is 9.94. The molecule has 174 valence electrons. The minimum Gasteiger partial charge on any atom is -0.336 e. The van der Waals surface area contributed by atoms with Crippen LogP contribution >= 0.6 is 0 Å². The summed E-state index contributed by atoms with van der Waals surface area (Å²) in [7, 11) is 2.10. The number of benzene rings is 3. The second-order valence-electron chi connectivity index (χ2n) is 9.34. The van der Waals surface area contributed by atoms with Gasteiger partial charge in [0.15, 0.2) is 0 Å². The number of aromatic nitrogens is 2. The molecule has 34 heavy (non-hydrogen) atoms. The Morgan fingerprint density at radius 2 is 1.62 bits per heavy atom. The molecule has 1 aliphatic heterocycles. The van der Waals surface area contributed by atoms with Crippen LogP contribution in [0.3, 0.4) is 0 Å². The predicted octanol–water partition coefficient (Wildman–Crippen LogP) is 5.39. The van der Waals surface area contributed by atoms with E-state index in [1.54, 1.807) is 0 Å². The number of hydrogen-bond acceptors (Lipinski definition) is 3. The minimum atomic E-state index is 0.0956. The standard InChI is InChI=1S/C29H32N4O/c1-5-33-27-13-11-22(29(34)32-16-14-31(4)15-17-32)19-26(27)30-28(33)25-9-7-6-8-24(25)23-12-10-20(2)18-21(23)3/h6-13,18-19H,5,14-17H2,1-4H3. The van der Waals surface area contributed by atoms with Crippen molar-refractivity contribution in [2.45, 2.75) is 27.3 Å². The Hall–Kier alpha value is -3.44. The summed E-state index contributed by atoms with van der Waals surface area (Å²) < 4.78 is 2.25. The first-order valence-corrected chi connectivity index (χ1v) is 12.1. The summed E-state index contributed by atoms with van der Waals surface area (Å²) >= 11 is 0. The topological polar surface area (TPSA) is 41.4 Å². The van der Waals surface area contributed by atoms with Crippen molar-refractivity contribution in [3.8, 4) is 22.5 Å². The van der Waals surface area contributed by atoms with E-state index >= 15 is 0 Å². The molecule has 1 aliphatic rings. The second-order valence-corrected chi connectivity index (χ2v) is 9.34. The molecule has 1 amide bonds. The molecule has 0 saturated carbocycles. The maximum Gasteiger partial charge on any atom is 0.254 e. The molecule has 2 heterocycles. The van der Waals surface area contributed by atoms with Crippen LogP contribution in [0.4, 0.5) is 0 Å². The van der Waals surface area contributed by atoms with Gasteiger partial charge in [-0.1, -0.05) is 48.0 Å². The number of carbonyl (C=O) groups is 1. The van der Waals surface area contributed by atoms with Gasteiger partial charge >= 0.3 is 0 Å². The van der Waals surface area contributed by atoms with Gasteiger partial charge in [0.1, 0.15) is 5.82 Å². The number of rotatable bonds is 4. The van der Waals surface area contributed by atoms with E-state index in [1.807, 2.05) is 17.0 Å². The van der Waals surface area contributed by atoms with Gasteiger partial charge in [-0.05, 0) is 62.7 Å². The maximum atomic E-state index is 13.2. The van der Waals surface area contributed by atoms with Crippen molar-refractivity contribution in [1.29, 1.82) is 0 Å². The largest absolute Gasteiger partial charge is 0.336 e. The summed E-state index contributed by atoms with van der Waals surface area (Å²) in [5, 5.41) is 0. The van der Waals surface area contributed by atoms with Crippen LogP contribution in [0.25, 0.3) is 33.5 Å². The lowest BCUT2D eigenvalue weighted by Gasteiger charge is -2.32. The van der Waals surface area contributed by atoms with Gasteiger partial charge in [-0.25, -0.2) is 4.98 Å². The lowest BCUT2D eigenvalue weighted by Crippen LogP contribution is -2.47. The number of aryl methyl sites for hydroxylation is 3. The van der Waals surface area contributed by atoms with Gasteiger partial charge < -0.3 is 14.4 Å². The van der Waals surface area contributed by atoms with Crippen LogP contribution in [0.2, 0.25) is 0 Å². The fourth-order valence-electron chi connectivity index (χ4n) is 5.01. The number of imidazole rings is 1. The van der Waals surface area contributed by atoms with Crippen LogP contribution in [0.5, 0.6) is 0 Å². The quantitative estimate of drug-likeness (QED) is 0.417. The third-order valence-corrected chi connectivity index (χ3v) is 6.94. The van der Waals surface area contributed by atoms with E-state index in [0.29, 0.717) is 5.56 Å². The van der Waals surface area contributed by atoms with E-state index in [0.717, 1.165) is 55.1 Å². The van der Waals surface area contributed by atoms with Gasteiger partial charge in [0.25, 0.3) is 5.91 Å². The molecule has 0 bridgehead atoms. The molecule has 0 spiro atoms. The number of carbonyl (C=O) groups excluding carboxylic acids is 1. The van der Waals surface area contributed by atoms with E-state index < -0.39 is 0 Å². The first-order valence-electron chi connectivity index (χ1n) is 12.1. The molecule has 1 fully saturated rings. The second kappa shape index (κ2) is 9.07. The molecule has 5 heteroatoms. The normalized spacial score (nSPS) is 14.6. The Morgan fingerprint density at radius 3 is 2.32 bits per heavy atom. The highest BCUT2D eigenvalue weighted by Gasteiger charge is 2.22. The van der Waals surface area contributed by atoms with Crippen LogP contribution in [-0.2, 0) is 6.54 Å². The highest BCUT2D eigenvalue weighted by atomic mass is 16.2. The predicted molar refractivity (Wildman–Crippen MR) is 139 cm³/mol. The van der Waals surface area contributed by atoms with Gasteiger partial charge in [-0.2, -0.15) is 0 Å². The smallest absolute Gasteiger partial charge is 0.254 e. The average molecular weight is 453 g/mol. The number of amides is 1. The van der Waals surface area contributed by atoms with Crippen molar-refractivity contribution in [3.05, 3.63) is 77.4 Å². The Labute approximate surface area is 201 Å². The number of hydrogen-bond donors (Lipinski definition) is 0. The zero-order valence-corrected chi connectivity index (χ0v) is 20.5. The van der Waals surface area contributed by atoms with E-state index in [9.17, 15) is 4.79 Å². The molecule has 0 atom stereocenters. The highest BCUT2D eigenvalue weighted by Crippen LogP contribution is 2.35. The molecular weight excluding hydrogens is 420 g/mol. The van der Waals surface area contributed by atoms with E-state index in [2.05, 4.69) is 85.8 Å². The number of fused-ring (bicyclic) bond motifs is 1. The van der Waals surface area contributed by atoms with Crippen LogP contribution in [0.1, 0.15) is 28.4 Å². The van der Waals surface area contributed by atoms with Gasteiger partial charge in [0.2, 0.25) is 0 Å². The van der Waals surface area contributed by atoms with Crippen molar-refractivity contribution in [3.63, 3.8) is 0 Å². The van der Waals surface area contributed by atoms with Crippen LogP contribution in [0.15, 0.2) is 60.7 Å². The van der Waals surface area contributed by atoms with E-state index in [4.69, 9.17) is 4.98 Å². The summed E-state index contributed by atoms with van der Waals surface area (Å²) in [6.45, 7) is 10.6. The Morgan fingerprint density at radius 1 is 0.882 bits per heavy atom. The average Bonchev–Trinajstić information content (AvgIpc) is 3.22. The summed E-state index contributed by atoms with van der Waals surface area (Å²) in [6, 6.07) is 21.1. The van der Waals surface area contributed by atoms with Crippen molar-refractivity contribution >= 4 is 16.9 Å². The first kappa shape index (κ1) is 22.4. The van der Waals surface area contributed by atoms with Crippen LogP contribution in [0, 0.1) is 13.8 Å². The number of likely N-dealkylation sites (N-methyl/N-ethyl adjacent to an activating group) is 1. The zero-order chi connectivity index (χ0) is 23.8. The fraction of sp³-hybridized carbons (Fsp3) is 0.310. The molecule has 0 radical (unpaired) electrons. The van der Waals surface area contributed by atoms with Crippen molar-refractivity contribution < 1.29 is 4.79 Å². The maximum absolute atomic E-state index is 13.2. The SMILES string of the molecule is CCn1c(-c2ccccc2-c2ccc(C)cc2C)nc2cc(C(=O)N3CCN(C)CC3)ccc21. The van der Waals surface area contributed by atoms with Gasteiger partial charge in [0, 0.05) is 43.9 Å². The molecule has 0 aliphatic carbocycles. The monoisotopic (exact) mass is 452 g/mol. The Balaban J connectivity index is 1.58. The third-order valence-electron chi connectivity index (χ3n) is 6.94. The van der Waals surface area contributed by atoms with Crippen molar-refractivity contribution in [1.82, 2.24) is 19.4 Å². The van der Waals surface area contributed by atoms with Gasteiger partial charge in [-0.3, -0.25) is 4.79 Å². The van der Waals surface area contributed by atoms with Crippen LogP contribution < -0.4 is 0 Å². The molecule has 0 N–H and O–H groups in total.